The maximum atomic E-state index is 13.7. The van der Waals surface area contributed by atoms with Crippen molar-refractivity contribution in [3.63, 3.8) is 0 Å². The van der Waals surface area contributed by atoms with Gasteiger partial charge in [0, 0.05) is 25.7 Å². The molecule has 0 radical (unpaired) electrons. The van der Waals surface area contributed by atoms with Crippen LogP contribution in [0.4, 0.5) is 4.39 Å². The Hall–Kier alpha value is -3.55. The van der Waals surface area contributed by atoms with Crippen molar-refractivity contribution in [1.29, 1.82) is 0 Å². The SMILES string of the molecule is CN(Cc1ccccc1F)C(=O)COC(=O)CCN1C(=O)c2ccccc2C1=O. The molecule has 1 aliphatic heterocycles. The van der Waals surface area contributed by atoms with Crippen LogP contribution in [0.3, 0.4) is 0 Å². The van der Waals surface area contributed by atoms with Crippen LogP contribution >= 0.6 is 0 Å². The van der Waals surface area contributed by atoms with Gasteiger partial charge in [0.15, 0.2) is 6.61 Å². The summed E-state index contributed by atoms with van der Waals surface area (Å²) in [7, 11) is 1.47. The van der Waals surface area contributed by atoms with Crippen LogP contribution in [0.2, 0.25) is 0 Å². The van der Waals surface area contributed by atoms with Gasteiger partial charge in [-0.25, -0.2) is 4.39 Å². The first kappa shape index (κ1) is 20.2. The lowest BCUT2D eigenvalue weighted by atomic mass is 10.1. The number of esters is 1. The molecule has 0 fully saturated rings. The standard InChI is InChI=1S/C21H19FN2O5/c1-23(12-14-6-2-5-9-17(14)22)18(25)13-29-19(26)10-11-24-20(27)15-7-3-4-8-16(15)21(24)28/h2-9H,10-13H2,1H3. The second kappa shape index (κ2) is 8.64. The fourth-order valence-electron chi connectivity index (χ4n) is 2.94. The van der Waals surface area contributed by atoms with Crippen LogP contribution in [-0.4, -0.2) is 53.7 Å². The van der Waals surface area contributed by atoms with E-state index in [1.807, 2.05) is 0 Å². The molecule has 0 atom stereocenters. The normalized spacial score (nSPS) is 12.7. The van der Waals surface area contributed by atoms with Crippen LogP contribution in [-0.2, 0) is 20.9 Å². The number of amides is 3. The Balaban J connectivity index is 1.46. The van der Waals surface area contributed by atoms with Crippen LogP contribution in [0.1, 0.15) is 32.7 Å². The molecule has 0 aliphatic carbocycles. The number of imide groups is 1. The zero-order valence-electron chi connectivity index (χ0n) is 15.8. The minimum atomic E-state index is -0.714. The predicted octanol–water partition coefficient (Wildman–Crippen LogP) is 2.01. The molecule has 1 heterocycles. The highest BCUT2D eigenvalue weighted by Gasteiger charge is 2.35. The van der Waals surface area contributed by atoms with Crippen molar-refractivity contribution in [3.8, 4) is 0 Å². The van der Waals surface area contributed by atoms with Crippen LogP contribution < -0.4 is 0 Å². The van der Waals surface area contributed by atoms with Crippen LogP contribution in [0.25, 0.3) is 0 Å². The average Bonchev–Trinajstić information content (AvgIpc) is 2.96. The van der Waals surface area contributed by atoms with E-state index >= 15 is 0 Å². The van der Waals surface area contributed by atoms with Gasteiger partial charge in [0.1, 0.15) is 5.82 Å². The maximum Gasteiger partial charge on any atom is 0.308 e. The second-order valence-corrected chi connectivity index (χ2v) is 6.56. The van der Waals surface area contributed by atoms with Gasteiger partial charge >= 0.3 is 5.97 Å². The third-order valence-corrected chi connectivity index (χ3v) is 4.57. The van der Waals surface area contributed by atoms with Gasteiger partial charge in [-0.2, -0.15) is 0 Å². The van der Waals surface area contributed by atoms with Crippen molar-refractivity contribution in [1.82, 2.24) is 9.80 Å². The molecule has 0 N–H and O–H groups in total. The van der Waals surface area contributed by atoms with Crippen LogP contribution in [0.15, 0.2) is 48.5 Å². The van der Waals surface area contributed by atoms with Crippen molar-refractivity contribution in [3.05, 3.63) is 71.0 Å². The monoisotopic (exact) mass is 398 g/mol. The van der Waals surface area contributed by atoms with Crippen molar-refractivity contribution < 1.29 is 28.3 Å². The van der Waals surface area contributed by atoms with E-state index in [-0.39, 0.29) is 19.5 Å². The Bertz CT molecular complexity index is 940. The summed E-state index contributed by atoms with van der Waals surface area (Å²) < 4.78 is 18.6. The Kier molecular flexibility index (Phi) is 6.01. The zero-order chi connectivity index (χ0) is 21.0. The number of rotatable bonds is 7. The van der Waals surface area contributed by atoms with Crippen LogP contribution in [0, 0.1) is 5.82 Å². The van der Waals surface area contributed by atoms with Gasteiger partial charge in [-0.1, -0.05) is 30.3 Å². The summed E-state index contributed by atoms with van der Waals surface area (Å²) in [6.45, 7) is -0.603. The summed E-state index contributed by atoms with van der Waals surface area (Å²) in [6.07, 6.45) is -0.226. The molecule has 29 heavy (non-hydrogen) atoms. The van der Waals surface area contributed by atoms with Crippen LogP contribution in [0.5, 0.6) is 0 Å². The third-order valence-electron chi connectivity index (χ3n) is 4.57. The smallest absolute Gasteiger partial charge is 0.308 e. The van der Waals surface area contributed by atoms with E-state index in [9.17, 15) is 23.6 Å². The number of nitrogens with zero attached hydrogens (tertiary/aromatic N) is 2. The minimum absolute atomic E-state index is 0.0398. The van der Waals surface area contributed by atoms with Crippen molar-refractivity contribution in [2.45, 2.75) is 13.0 Å². The summed E-state index contributed by atoms with van der Waals surface area (Å²) in [5.41, 5.74) is 0.951. The molecular formula is C21H19FN2O5. The summed E-state index contributed by atoms with van der Waals surface area (Å²) in [6, 6.07) is 12.5. The number of ether oxygens (including phenoxy) is 1. The van der Waals surface area contributed by atoms with E-state index in [0.717, 1.165) is 4.90 Å². The number of halogens is 1. The first-order valence-corrected chi connectivity index (χ1v) is 8.96. The fourth-order valence-corrected chi connectivity index (χ4v) is 2.94. The topological polar surface area (TPSA) is 84.0 Å². The maximum absolute atomic E-state index is 13.7. The van der Waals surface area contributed by atoms with E-state index in [4.69, 9.17) is 4.74 Å². The Morgan fingerprint density at radius 1 is 1.00 bits per heavy atom. The van der Waals surface area contributed by atoms with E-state index < -0.39 is 36.1 Å². The van der Waals surface area contributed by atoms with Gasteiger partial charge in [-0.15, -0.1) is 0 Å². The number of hydrogen-bond acceptors (Lipinski definition) is 5. The lowest BCUT2D eigenvalue weighted by Crippen LogP contribution is -2.34. The van der Waals surface area contributed by atoms with Gasteiger partial charge < -0.3 is 9.64 Å². The highest BCUT2D eigenvalue weighted by Crippen LogP contribution is 2.22. The lowest BCUT2D eigenvalue weighted by molar-refractivity contribution is -0.151. The Morgan fingerprint density at radius 3 is 2.21 bits per heavy atom. The van der Waals surface area contributed by atoms with Crippen molar-refractivity contribution >= 4 is 23.7 Å². The number of carbonyl (C=O) groups is 4. The first-order chi connectivity index (χ1) is 13.9. The molecule has 7 nitrogen and oxygen atoms in total. The zero-order valence-corrected chi connectivity index (χ0v) is 15.8. The lowest BCUT2D eigenvalue weighted by Gasteiger charge is -2.18. The number of fused-ring (bicyclic) bond motifs is 1. The first-order valence-electron chi connectivity index (χ1n) is 8.96. The third kappa shape index (κ3) is 4.48. The minimum Gasteiger partial charge on any atom is -0.456 e. The Morgan fingerprint density at radius 2 is 1.59 bits per heavy atom. The molecule has 0 bridgehead atoms. The van der Waals surface area contributed by atoms with E-state index in [0.29, 0.717) is 16.7 Å². The average molecular weight is 398 g/mol. The highest BCUT2D eigenvalue weighted by atomic mass is 19.1. The molecule has 2 aromatic rings. The van der Waals surface area contributed by atoms with Gasteiger partial charge in [0.2, 0.25) is 0 Å². The number of carbonyl (C=O) groups excluding carboxylic acids is 4. The van der Waals surface area contributed by atoms with Gasteiger partial charge in [-0.3, -0.25) is 24.1 Å². The Labute approximate surface area is 166 Å². The summed E-state index contributed by atoms with van der Waals surface area (Å²) in [5, 5.41) is 0. The molecule has 0 aromatic heterocycles. The van der Waals surface area contributed by atoms with E-state index in [1.54, 1.807) is 42.5 Å². The summed E-state index contributed by atoms with van der Waals surface area (Å²) in [5.74, 6) is -2.56. The molecule has 0 unspecified atom stereocenters. The molecule has 3 amide bonds. The molecular weight excluding hydrogens is 379 g/mol. The summed E-state index contributed by atoms with van der Waals surface area (Å²) in [4.78, 5) is 50.7. The molecule has 8 heteroatoms. The highest BCUT2D eigenvalue weighted by molar-refractivity contribution is 6.21. The quantitative estimate of drug-likeness (QED) is 0.526. The molecule has 0 saturated carbocycles. The molecule has 1 aliphatic rings. The summed E-state index contributed by atoms with van der Waals surface area (Å²) >= 11 is 0. The van der Waals surface area contributed by atoms with Gasteiger partial charge in [0.25, 0.3) is 17.7 Å². The predicted molar refractivity (Wildman–Crippen MR) is 100 cm³/mol. The van der Waals surface area contributed by atoms with E-state index in [2.05, 4.69) is 0 Å². The van der Waals surface area contributed by atoms with Crippen molar-refractivity contribution in [2.24, 2.45) is 0 Å². The van der Waals surface area contributed by atoms with E-state index in [1.165, 1.54) is 18.0 Å². The molecule has 0 saturated heterocycles. The van der Waals surface area contributed by atoms with Gasteiger partial charge in [-0.05, 0) is 18.2 Å². The number of hydrogen-bond donors (Lipinski definition) is 0. The molecule has 2 aromatic carbocycles. The molecule has 150 valence electrons. The second-order valence-electron chi connectivity index (χ2n) is 6.56. The largest absolute Gasteiger partial charge is 0.456 e. The van der Waals surface area contributed by atoms with Crippen molar-refractivity contribution in [2.75, 3.05) is 20.2 Å². The number of benzene rings is 2. The molecule has 3 rings (SSSR count). The number of likely N-dealkylation sites (N-methyl/N-ethyl adjacent to an activating group) is 1. The molecule has 0 spiro atoms. The fraction of sp³-hybridized carbons (Fsp3) is 0.238. The van der Waals surface area contributed by atoms with Gasteiger partial charge in [0.05, 0.1) is 17.5 Å².